The first kappa shape index (κ1) is 15.0. The lowest BCUT2D eigenvalue weighted by Gasteiger charge is -2.11. The van der Waals surface area contributed by atoms with Gasteiger partial charge in [0.25, 0.3) is 0 Å². The quantitative estimate of drug-likeness (QED) is 0.682. The van der Waals surface area contributed by atoms with Crippen LogP contribution in [0, 0.1) is 0 Å². The molecule has 0 amide bonds. The van der Waals surface area contributed by atoms with Crippen molar-refractivity contribution in [1.29, 1.82) is 0 Å². The molecule has 1 N–H and O–H groups in total. The molecular weight excluding hydrogens is 230 g/mol. The summed E-state index contributed by atoms with van der Waals surface area (Å²) in [5, 5.41) is 3.30. The van der Waals surface area contributed by atoms with Gasteiger partial charge >= 0.3 is 0 Å². The van der Waals surface area contributed by atoms with Crippen LogP contribution in [0.15, 0.2) is 24.3 Å². The SMILES string of the molecule is COCCNCc1ccc(OCC(C)OC)cc1. The standard InChI is InChI=1S/C14H23NO3/c1-12(17-3)11-18-14-6-4-13(5-7-14)10-15-8-9-16-2/h4-7,12,15H,8-11H2,1-3H3. The van der Waals surface area contributed by atoms with E-state index >= 15 is 0 Å². The van der Waals surface area contributed by atoms with E-state index in [1.807, 2.05) is 19.1 Å². The van der Waals surface area contributed by atoms with Gasteiger partial charge in [-0.3, -0.25) is 0 Å². The highest BCUT2D eigenvalue weighted by Gasteiger charge is 2.00. The number of hydrogen-bond acceptors (Lipinski definition) is 4. The summed E-state index contributed by atoms with van der Waals surface area (Å²) in [7, 11) is 3.39. The Morgan fingerprint density at radius 3 is 2.50 bits per heavy atom. The van der Waals surface area contributed by atoms with Crippen molar-refractivity contribution < 1.29 is 14.2 Å². The molecule has 0 fully saturated rings. The van der Waals surface area contributed by atoms with E-state index < -0.39 is 0 Å². The Hall–Kier alpha value is -1.10. The highest BCUT2D eigenvalue weighted by Crippen LogP contribution is 2.12. The van der Waals surface area contributed by atoms with Crippen molar-refractivity contribution in [2.45, 2.75) is 19.6 Å². The molecule has 0 spiro atoms. The minimum Gasteiger partial charge on any atom is -0.491 e. The summed E-state index contributed by atoms with van der Waals surface area (Å²) in [5.74, 6) is 0.875. The molecule has 0 aliphatic rings. The number of nitrogens with one attached hydrogen (secondary N) is 1. The summed E-state index contributed by atoms with van der Waals surface area (Å²) in [5.41, 5.74) is 1.23. The minimum absolute atomic E-state index is 0.111. The Bertz CT molecular complexity index is 313. The predicted molar refractivity (Wildman–Crippen MR) is 72.0 cm³/mol. The molecule has 0 radical (unpaired) electrons. The van der Waals surface area contributed by atoms with E-state index in [0.29, 0.717) is 6.61 Å². The average molecular weight is 253 g/mol. The smallest absolute Gasteiger partial charge is 0.119 e. The molecule has 0 saturated heterocycles. The number of hydrogen-bond donors (Lipinski definition) is 1. The van der Waals surface area contributed by atoms with Crippen LogP contribution in [0.5, 0.6) is 5.75 Å². The second-order valence-corrected chi connectivity index (χ2v) is 4.17. The Labute approximate surface area is 109 Å². The van der Waals surface area contributed by atoms with Crippen LogP contribution in [0.3, 0.4) is 0 Å². The molecule has 0 aliphatic carbocycles. The number of methoxy groups -OCH3 is 2. The van der Waals surface area contributed by atoms with E-state index in [1.165, 1.54) is 5.56 Å². The fraction of sp³-hybridized carbons (Fsp3) is 0.571. The van der Waals surface area contributed by atoms with Gasteiger partial charge in [0.15, 0.2) is 0 Å². The monoisotopic (exact) mass is 253 g/mol. The lowest BCUT2D eigenvalue weighted by molar-refractivity contribution is 0.0716. The molecule has 0 saturated carbocycles. The van der Waals surface area contributed by atoms with Gasteiger partial charge in [-0.05, 0) is 24.6 Å². The van der Waals surface area contributed by atoms with E-state index in [4.69, 9.17) is 14.2 Å². The van der Waals surface area contributed by atoms with Gasteiger partial charge in [0, 0.05) is 27.3 Å². The van der Waals surface area contributed by atoms with Gasteiger partial charge in [0.1, 0.15) is 12.4 Å². The molecule has 1 aromatic carbocycles. The fourth-order valence-corrected chi connectivity index (χ4v) is 1.39. The van der Waals surface area contributed by atoms with Gasteiger partial charge in [0.2, 0.25) is 0 Å². The minimum atomic E-state index is 0.111. The number of ether oxygens (including phenoxy) is 3. The van der Waals surface area contributed by atoms with E-state index in [9.17, 15) is 0 Å². The maximum absolute atomic E-state index is 5.59. The summed E-state index contributed by atoms with van der Waals surface area (Å²) in [6, 6.07) is 8.09. The first-order chi connectivity index (χ1) is 8.76. The molecule has 1 unspecified atom stereocenters. The molecule has 0 heterocycles. The van der Waals surface area contributed by atoms with E-state index in [2.05, 4.69) is 17.4 Å². The third-order valence-corrected chi connectivity index (χ3v) is 2.62. The van der Waals surface area contributed by atoms with Crippen molar-refractivity contribution in [3.63, 3.8) is 0 Å². The first-order valence-corrected chi connectivity index (χ1v) is 6.20. The van der Waals surface area contributed by atoms with Crippen LogP contribution in [0.1, 0.15) is 12.5 Å². The van der Waals surface area contributed by atoms with Crippen molar-refractivity contribution >= 4 is 0 Å². The van der Waals surface area contributed by atoms with E-state index in [-0.39, 0.29) is 6.10 Å². The highest BCUT2D eigenvalue weighted by molar-refractivity contribution is 5.27. The largest absolute Gasteiger partial charge is 0.491 e. The summed E-state index contributed by atoms with van der Waals surface area (Å²) in [6.07, 6.45) is 0.111. The van der Waals surface area contributed by atoms with Crippen LogP contribution in [0.4, 0.5) is 0 Å². The van der Waals surface area contributed by atoms with Crippen LogP contribution in [-0.2, 0) is 16.0 Å². The van der Waals surface area contributed by atoms with Crippen LogP contribution in [0.25, 0.3) is 0 Å². The summed E-state index contributed by atoms with van der Waals surface area (Å²) >= 11 is 0. The molecule has 4 heteroatoms. The summed E-state index contributed by atoms with van der Waals surface area (Å²) in [6.45, 7) is 4.99. The van der Waals surface area contributed by atoms with Crippen LogP contribution < -0.4 is 10.1 Å². The highest BCUT2D eigenvalue weighted by atomic mass is 16.5. The Morgan fingerprint density at radius 1 is 1.17 bits per heavy atom. The third-order valence-electron chi connectivity index (χ3n) is 2.62. The van der Waals surface area contributed by atoms with Crippen molar-refractivity contribution in [3.8, 4) is 5.75 Å². The van der Waals surface area contributed by atoms with Crippen LogP contribution >= 0.6 is 0 Å². The van der Waals surface area contributed by atoms with Gasteiger partial charge < -0.3 is 19.5 Å². The molecule has 4 nitrogen and oxygen atoms in total. The molecule has 102 valence electrons. The predicted octanol–water partition coefficient (Wildman–Crippen LogP) is 1.84. The van der Waals surface area contributed by atoms with Crippen molar-refractivity contribution in [2.24, 2.45) is 0 Å². The van der Waals surface area contributed by atoms with Gasteiger partial charge in [-0.25, -0.2) is 0 Å². The molecule has 1 rings (SSSR count). The van der Waals surface area contributed by atoms with Gasteiger partial charge in [0.05, 0.1) is 12.7 Å². The van der Waals surface area contributed by atoms with Crippen molar-refractivity contribution in [3.05, 3.63) is 29.8 Å². The second kappa shape index (κ2) is 8.91. The van der Waals surface area contributed by atoms with E-state index in [1.54, 1.807) is 14.2 Å². The molecule has 1 atom stereocenters. The zero-order valence-corrected chi connectivity index (χ0v) is 11.4. The summed E-state index contributed by atoms with van der Waals surface area (Å²) in [4.78, 5) is 0. The maximum Gasteiger partial charge on any atom is 0.119 e. The lowest BCUT2D eigenvalue weighted by Crippen LogP contribution is -2.18. The third kappa shape index (κ3) is 6.00. The van der Waals surface area contributed by atoms with Crippen LogP contribution in [-0.4, -0.2) is 40.1 Å². The van der Waals surface area contributed by atoms with Crippen molar-refractivity contribution in [1.82, 2.24) is 5.32 Å². The van der Waals surface area contributed by atoms with Gasteiger partial charge in [-0.1, -0.05) is 12.1 Å². The van der Waals surface area contributed by atoms with Gasteiger partial charge in [-0.2, -0.15) is 0 Å². The Balaban J connectivity index is 2.28. The Kier molecular flexibility index (Phi) is 7.41. The Morgan fingerprint density at radius 2 is 1.89 bits per heavy atom. The van der Waals surface area contributed by atoms with Crippen LogP contribution in [0.2, 0.25) is 0 Å². The van der Waals surface area contributed by atoms with Gasteiger partial charge in [-0.15, -0.1) is 0 Å². The normalized spacial score (nSPS) is 12.4. The molecule has 0 aromatic heterocycles. The second-order valence-electron chi connectivity index (χ2n) is 4.17. The lowest BCUT2D eigenvalue weighted by atomic mass is 10.2. The molecule has 1 aromatic rings. The zero-order chi connectivity index (χ0) is 13.2. The molecule has 0 bridgehead atoms. The first-order valence-electron chi connectivity index (χ1n) is 6.20. The zero-order valence-electron chi connectivity index (χ0n) is 11.4. The summed E-state index contributed by atoms with van der Waals surface area (Å²) < 4.78 is 15.7. The van der Waals surface area contributed by atoms with E-state index in [0.717, 1.165) is 25.4 Å². The number of benzene rings is 1. The molecular formula is C14H23NO3. The average Bonchev–Trinajstić information content (AvgIpc) is 2.42. The van der Waals surface area contributed by atoms with Crippen molar-refractivity contribution in [2.75, 3.05) is 34.0 Å². The topological polar surface area (TPSA) is 39.7 Å². The molecule has 18 heavy (non-hydrogen) atoms. The number of rotatable bonds is 9. The molecule has 0 aliphatic heterocycles. The maximum atomic E-state index is 5.59. The fourth-order valence-electron chi connectivity index (χ4n) is 1.39.